The van der Waals surface area contributed by atoms with E-state index in [1.165, 1.54) is 6.07 Å². The molecule has 0 saturated carbocycles. The summed E-state index contributed by atoms with van der Waals surface area (Å²) >= 11 is 3.34. The topological polar surface area (TPSA) is 24.1 Å². The molecule has 15 heavy (non-hydrogen) atoms. The number of benzene rings is 1. The molecular weight excluding hydrogens is 259 g/mol. The van der Waals surface area contributed by atoms with E-state index >= 15 is 0 Å². The molecule has 2 nitrogen and oxygen atoms in total. The third kappa shape index (κ3) is 3.00. The van der Waals surface area contributed by atoms with Gasteiger partial charge in [-0.15, -0.1) is 0 Å². The fourth-order valence-corrected chi connectivity index (χ4v) is 2.17. The van der Waals surface area contributed by atoms with E-state index in [-0.39, 0.29) is 5.82 Å². The van der Waals surface area contributed by atoms with Crippen LogP contribution in [0.15, 0.2) is 22.7 Å². The Hall–Kier alpha value is -0.450. The van der Waals surface area contributed by atoms with E-state index in [0.29, 0.717) is 12.6 Å². The Labute approximate surface area is 97.4 Å². The lowest BCUT2D eigenvalue weighted by atomic mass is 10.2. The van der Waals surface area contributed by atoms with Crippen molar-refractivity contribution in [2.24, 2.45) is 0 Å². The van der Waals surface area contributed by atoms with E-state index in [1.807, 2.05) is 6.07 Å². The van der Waals surface area contributed by atoms with E-state index in [4.69, 9.17) is 0 Å². The van der Waals surface area contributed by atoms with Crippen LogP contribution in [0, 0.1) is 5.82 Å². The molecule has 1 unspecified atom stereocenters. The Kier molecular flexibility index (Phi) is 3.72. The molecule has 1 heterocycles. The molecule has 1 aliphatic rings. The first-order valence-electron chi connectivity index (χ1n) is 5.14. The smallest absolute Gasteiger partial charge is 0.127 e. The standard InChI is InChI=1S/C11H14BrFN2/c12-9-1-2-11(13)8(5-9)6-15-10-3-4-14-7-10/h1-2,5,10,14-15H,3-4,6-7H2. The second-order valence-electron chi connectivity index (χ2n) is 3.81. The Balaban J connectivity index is 1.94. The molecule has 1 aromatic rings. The van der Waals surface area contributed by atoms with Crippen molar-refractivity contribution in [1.82, 2.24) is 10.6 Å². The quantitative estimate of drug-likeness (QED) is 0.880. The monoisotopic (exact) mass is 272 g/mol. The Bertz CT molecular complexity index is 337. The Morgan fingerprint density at radius 2 is 2.40 bits per heavy atom. The number of hydrogen-bond acceptors (Lipinski definition) is 2. The molecule has 1 saturated heterocycles. The van der Waals surface area contributed by atoms with E-state index in [2.05, 4.69) is 26.6 Å². The number of nitrogens with one attached hydrogen (secondary N) is 2. The van der Waals surface area contributed by atoms with Crippen molar-refractivity contribution in [3.8, 4) is 0 Å². The summed E-state index contributed by atoms with van der Waals surface area (Å²) in [4.78, 5) is 0. The average molecular weight is 273 g/mol. The summed E-state index contributed by atoms with van der Waals surface area (Å²) in [6.45, 7) is 2.63. The van der Waals surface area contributed by atoms with Crippen LogP contribution in [0.2, 0.25) is 0 Å². The zero-order valence-electron chi connectivity index (χ0n) is 8.39. The van der Waals surface area contributed by atoms with Crippen LogP contribution in [-0.2, 0) is 6.54 Å². The maximum Gasteiger partial charge on any atom is 0.127 e. The minimum Gasteiger partial charge on any atom is -0.315 e. The van der Waals surface area contributed by atoms with Crippen LogP contribution in [0.5, 0.6) is 0 Å². The minimum atomic E-state index is -0.142. The van der Waals surface area contributed by atoms with Gasteiger partial charge in [0.05, 0.1) is 0 Å². The second-order valence-corrected chi connectivity index (χ2v) is 4.72. The predicted octanol–water partition coefficient (Wildman–Crippen LogP) is 2.04. The number of hydrogen-bond donors (Lipinski definition) is 2. The summed E-state index contributed by atoms with van der Waals surface area (Å²) in [5.41, 5.74) is 0.719. The summed E-state index contributed by atoms with van der Waals surface area (Å²) in [6.07, 6.45) is 1.12. The molecule has 4 heteroatoms. The lowest BCUT2D eigenvalue weighted by Crippen LogP contribution is -2.30. The SMILES string of the molecule is Fc1ccc(Br)cc1CNC1CCNC1. The van der Waals surface area contributed by atoms with E-state index < -0.39 is 0 Å². The largest absolute Gasteiger partial charge is 0.315 e. The van der Waals surface area contributed by atoms with Crippen molar-refractivity contribution < 1.29 is 4.39 Å². The van der Waals surface area contributed by atoms with Crippen LogP contribution in [0.1, 0.15) is 12.0 Å². The molecule has 0 aliphatic carbocycles. The maximum absolute atomic E-state index is 13.4. The summed E-state index contributed by atoms with van der Waals surface area (Å²) in [6, 6.07) is 5.51. The third-order valence-corrected chi connectivity index (χ3v) is 3.14. The van der Waals surface area contributed by atoms with E-state index in [9.17, 15) is 4.39 Å². The van der Waals surface area contributed by atoms with Crippen molar-refractivity contribution in [3.05, 3.63) is 34.1 Å². The second kappa shape index (κ2) is 5.05. The molecule has 1 atom stereocenters. The summed E-state index contributed by atoms with van der Waals surface area (Å²) < 4.78 is 14.3. The lowest BCUT2D eigenvalue weighted by molar-refractivity contribution is 0.526. The van der Waals surface area contributed by atoms with Crippen LogP contribution < -0.4 is 10.6 Å². The van der Waals surface area contributed by atoms with Gasteiger partial charge in [0.25, 0.3) is 0 Å². The fraction of sp³-hybridized carbons (Fsp3) is 0.455. The van der Waals surface area contributed by atoms with Gasteiger partial charge in [0, 0.05) is 29.2 Å². The van der Waals surface area contributed by atoms with Gasteiger partial charge >= 0.3 is 0 Å². The summed E-state index contributed by atoms with van der Waals surface area (Å²) in [7, 11) is 0. The highest BCUT2D eigenvalue weighted by atomic mass is 79.9. The van der Waals surface area contributed by atoms with Gasteiger partial charge in [-0.25, -0.2) is 4.39 Å². The van der Waals surface area contributed by atoms with Crippen LogP contribution in [0.3, 0.4) is 0 Å². The summed E-state index contributed by atoms with van der Waals surface area (Å²) in [5.74, 6) is -0.142. The number of halogens is 2. The van der Waals surface area contributed by atoms with Gasteiger partial charge in [-0.1, -0.05) is 15.9 Å². The molecule has 1 aromatic carbocycles. The van der Waals surface area contributed by atoms with Crippen molar-refractivity contribution >= 4 is 15.9 Å². The van der Waals surface area contributed by atoms with Gasteiger partial charge in [0.15, 0.2) is 0 Å². The fourth-order valence-electron chi connectivity index (χ4n) is 1.76. The Morgan fingerprint density at radius 3 is 3.13 bits per heavy atom. The lowest BCUT2D eigenvalue weighted by Gasteiger charge is -2.11. The minimum absolute atomic E-state index is 0.142. The van der Waals surface area contributed by atoms with Crippen molar-refractivity contribution in [2.45, 2.75) is 19.0 Å². The summed E-state index contributed by atoms with van der Waals surface area (Å²) in [5, 5.41) is 6.61. The van der Waals surface area contributed by atoms with Gasteiger partial charge in [0.1, 0.15) is 5.82 Å². The molecule has 0 amide bonds. The first-order valence-corrected chi connectivity index (χ1v) is 5.93. The first-order chi connectivity index (χ1) is 7.25. The van der Waals surface area contributed by atoms with E-state index in [0.717, 1.165) is 29.5 Å². The predicted molar refractivity (Wildman–Crippen MR) is 62.2 cm³/mol. The normalized spacial score (nSPS) is 20.8. The van der Waals surface area contributed by atoms with Crippen LogP contribution in [0.25, 0.3) is 0 Å². The average Bonchev–Trinajstić information content (AvgIpc) is 2.72. The maximum atomic E-state index is 13.4. The van der Waals surface area contributed by atoms with Gasteiger partial charge in [-0.05, 0) is 31.2 Å². The molecular formula is C11H14BrFN2. The molecule has 0 bridgehead atoms. The highest BCUT2D eigenvalue weighted by Gasteiger charge is 2.13. The molecule has 0 radical (unpaired) electrons. The van der Waals surface area contributed by atoms with Gasteiger partial charge < -0.3 is 10.6 Å². The molecule has 2 N–H and O–H groups in total. The molecule has 2 rings (SSSR count). The molecule has 0 aromatic heterocycles. The number of rotatable bonds is 3. The van der Waals surface area contributed by atoms with Gasteiger partial charge in [-0.3, -0.25) is 0 Å². The molecule has 82 valence electrons. The van der Waals surface area contributed by atoms with Crippen LogP contribution in [0.4, 0.5) is 4.39 Å². The van der Waals surface area contributed by atoms with Gasteiger partial charge in [0.2, 0.25) is 0 Å². The van der Waals surface area contributed by atoms with Crippen LogP contribution >= 0.6 is 15.9 Å². The highest BCUT2D eigenvalue weighted by molar-refractivity contribution is 9.10. The highest BCUT2D eigenvalue weighted by Crippen LogP contribution is 2.15. The Morgan fingerprint density at radius 1 is 1.53 bits per heavy atom. The zero-order valence-corrected chi connectivity index (χ0v) is 9.98. The third-order valence-electron chi connectivity index (χ3n) is 2.65. The van der Waals surface area contributed by atoms with Crippen molar-refractivity contribution in [2.75, 3.05) is 13.1 Å². The van der Waals surface area contributed by atoms with E-state index in [1.54, 1.807) is 6.07 Å². The van der Waals surface area contributed by atoms with Crippen molar-refractivity contribution in [3.63, 3.8) is 0 Å². The van der Waals surface area contributed by atoms with Crippen molar-refractivity contribution in [1.29, 1.82) is 0 Å². The zero-order chi connectivity index (χ0) is 10.7. The van der Waals surface area contributed by atoms with Gasteiger partial charge in [-0.2, -0.15) is 0 Å². The molecule has 1 aliphatic heterocycles. The first kappa shape index (κ1) is 11.0. The van der Waals surface area contributed by atoms with Crippen LogP contribution in [-0.4, -0.2) is 19.1 Å². The molecule has 0 spiro atoms. The molecule has 1 fully saturated rings.